The van der Waals surface area contributed by atoms with Crippen LogP contribution in [0, 0.1) is 11.3 Å². The third-order valence-electron chi connectivity index (χ3n) is 3.70. The summed E-state index contributed by atoms with van der Waals surface area (Å²) in [6, 6.07) is 17.0. The zero-order valence-corrected chi connectivity index (χ0v) is 13.5. The van der Waals surface area contributed by atoms with Crippen LogP contribution >= 0.6 is 0 Å². The van der Waals surface area contributed by atoms with Gasteiger partial charge in [-0.1, -0.05) is 42.5 Å². The Bertz CT molecular complexity index is 762. The Morgan fingerprint density at radius 1 is 1.04 bits per heavy atom. The summed E-state index contributed by atoms with van der Waals surface area (Å²) in [5.74, 6) is -1.13. The first-order chi connectivity index (χ1) is 11.6. The van der Waals surface area contributed by atoms with Crippen molar-refractivity contribution in [2.75, 3.05) is 13.7 Å². The SMILES string of the molecule is CCOC(=O)C(C#N)(c1ccccc1)c1ccc(C(=O)OC)cc1. The zero-order chi connectivity index (χ0) is 17.6. The fourth-order valence-corrected chi connectivity index (χ4v) is 2.48. The minimum absolute atomic E-state index is 0.162. The summed E-state index contributed by atoms with van der Waals surface area (Å²) in [7, 11) is 1.29. The first-order valence-electron chi connectivity index (χ1n) is 7.43. The molecule has 1 atom stereocenters. The quantitative estimate of drug-likeness (QED) is 0.791. The van der Waals surface area contributed by atoms with E-state index < -0.39 is 17.4 Å². The number of methoxy groups -OCH3 is 1. The molecule has 0 aromatic heterocycles. The lowest BCUT2D eigenvalue weighted by molar-refractivity contribution is -0.146. The second-order valence-electron chi connectivity index (χ2n) is 5.02. The third-order valence-corrected chi connectivity index (χ3v) is 3.70. The van der Waals surface area contributed by atoms with E-state index >= 15 is 0 Å². The molecular formula is C19H17NO4. The van der Waals surface area contributed by atoms with Gasteiger partial charge in [-0.05, 0) is 30.2 Å². The highest BCUT2D eigenvalue weighted by Crippen LogP contribution is 2.33. The van der Waals surface area contributed by atoms with Crippen molar-refractivity contribution in [2.45, 2.75) is 12.3 Å². The number of hydrogen-bond donors (Lipinski definition) is 0. The highest BCUT2D eigenvalue weighted by Gasteiger charge is 2.44. The fraction of sp³-hybridized carbons (Fsp3) is 0.211. The fourth-order valence-electron chi connectivity index (χ4n) is 2.48. The molecule has 5 nitrogen and oxygen atoms in total. The first-order valence-corrected chi connectivity index (χ1v) is 7.43. The van der Waals surface area contributed by atoms with Gasteiger partial charge < -0.3 is 9.47 Å². The Kier molecular flexibility index (Phi) is 5.33. The van der Waals surface area contributed by atoms with Crippen LogP contribution in [0.2, 0.25) is 0 Å². The number of rotatable bonds is 5. The maximum Gasteiger partial charge on any atom is 0.337 e. The smallest absolute Gasteiger partial charge is 0.337 e. The number of carbonyl (C=O) groups is 2. The van der Waals surface area contributed by atoms with Crippen molar-refractivity contribution in [3.05, 3.63) is 71.3 Å². The van der Waals surface area contributed by atoms with Gasteiger partial charge in [0.2, 0.25) is 5.41 Å². The molecule has 0 bridgehead atoms. The molecule has 0 heterocycles. The molecule has 0 amide bonds. The number of hydrogen-bond acceptors (Lipinski definition) is 5. The van der Waals surface area contributed by atoms with Gasteiger partial charge in [-0.3, -0.25) is 0 Å². The van der Waals surface area contributed by atoms with Crippen molar-refractivity contribution >= 4 is 11.9 Å². The number of ether oxygens (including phenoxy) is 2. The molecule has 0 fully saturated rings. The van der Waals surface area contributed by atoms with Gasteiger partial charge in [-0.15, -0.1) is 0 Å². The van der Waals surface area contributed by atoms with Crippen LogP contribution in [0.5, 0.6) is 0 Å². The average molecular weight is 323 g/mol. The highest BCUT2D eigenvalue weighted by atomic mass is 16.5. The van der Waals surface area contributed by atoms with Crippen molar-refractivity contribution in [1.82, 2.24) is 0 Å². The van der Waals surface area contributed by atoms with E-state index in [0.29, 0.717) is 16.7 Å². The van der Waals surface area contributed by atoms with Gasteiger partial charge in [-0.25, -0.2) is 9.59 Å². The number of esters is 2. The summed E-state index contributed by atoms with van der Waals surface area (Å²) < 4.78 is 9.82. The van der Waals surface area contributed by atoms with Crippen molar-refractivity contribution in [3.8, 4) is 6.07 Å². The zero-order valence-electron chi connectivity index (χ0n) is 13.5. The summed E-state index contributed by atoms with van der Waals surface area (Å²) in [5.41, 5.74) is -0.310. The maximum absolute atomic E-state index is 12.6. The van der Waals surface area contributed by atoms with Crippen LogP contribution in [0.1, 0.15) is 28.4 Å². The highest BCUT2D eigenvalue weighted by molar-refractivity contribution is 5.93. The van der Waals surface area contributed by atoms with E-state index in [2.05, 4.69) is 10.8 Å². The van der Waals surface area contributed by atoms with E-state index in [0.717, 1.165) is 0 Å². The second kappa shape index (κ2) is 7.42. The van der Waals surface area contributed by atoms with Gasteiger partial charge in [0, 0.05) is 0 Å². The largest absolute Gasteiger partial charge is 0.465 e. The molecule has 2 aromatic carbocycles. The van der Waals surface area contributed by atoms with Crippen LogP contribution in [0.25, 0.3) is 0 Å². The third kappa shape index (κ3) is 2.99. The normalized spacial score (nSPS) is 12.5. The van der Waals surface area contributed by atoms with Crippen molar-refractivity contribution in [3.63, 3.8) is 0 Å². The van der Waals surface area contributed by atoms with Gasteiger partial charge in [-0.2, -0.15) is 5.26 Å². The molecule has 2 aromatic rings. The summed E-state index contributed by atoms with van der Waals surface area (Å²) in [6.07, 6.45) is 0. The lowest BCUT2D eigenvalue weighted by Gasteiger charge is -2.25. The van der Waals surface area contributed by atoms with Gasteiger partial charge in [0.1, 0.15) is 0 Å². The molecule has 0 saturated carbocycles. The summed E-state index contributed by atoms with van der Waals surface area (Å²) in [5, 5.41) is 9.86. The van der Waals surface area contributed by atoms with Crippen LogP contribution in [0.4, 0.5) is 0 Å². The Morgan fingerprint density at radius 2 is 1.62 bits per heavy atom. The van der Waals surface area contributed by atoms with Crippen molar-refractivity contribution < 1.29 is 19.1 Å². The van der Waals surface area contributed by atoms with Crippen molar-refractivity contribution in [2.24, 2.45) is 0 Å². The number of carbonyl (C=O) groups excluding carboxylic acids is 2. The topological polar surface area (TPSA) is 76.4 Å². The molecule has 0 radical (unpaired) electrons. The molecular weight excluding hydrogens is 306 g/mol. The van der Waals surface area contributed by atoms with Crippen LogP contribution in [-0.2, 0) is 19.7 Å². The Morgan fingerprint density at radius 3 is 2.12 bits per heavy atom. The van der Waals surface area contributed by atoms with E-state index in [1.54, 1.807) is 49.4 Å². The second-order valence-corrected chi connectivity index (χ2v) is 5.02. The Hall–Kier alpha value is -3.13. The minimum Gasteiger partial charge on any atom is -0.465 e. The van der Waals surface area contributed by atoms with Gasteiger partial charge in [0.15, 0.2) is 0 Å². The molecule has 1 unspecified atom stereocenters. The van der Waals surface area contributed by atoms with Gasteiger partial charge in [0.05, 0.1) is 25.3 Å². The first kappa shape index (κ1) is 17.2. The molecule has 5 heteroatoms. The monoisotopic (exact) mass is 323 g/mol. The lowest BCUT2D eigenvalue weighted by atomic mass is 9.75. The van der Waals surface area contributed by atoms with Crippen LogP contribution < -0.4 is 0 Å². The van der Waals surface area contributed by atoms with E-state index in [-0.39, 0.29) is 6.61 Å². The van der Waals surface area contributed by atoms with Crippen molar-refractivity contribution in [1.29, 1.82) is 5.26 Å². The molecule has 0 N–H and O–H groups in total. The molecule has 0 spiro atoms. The molecule has 0 aliphatic rings. The average Bonchev–Trinajstić information content (AvgIpc) is 2.64. The van der Waals surface area contributed by atoms with E-state index in [1.807, 2.05) is 0 Å². The van der Waals surface area contributed by atoms with E-state index in [9.17, 15) is 14.9 Å². The molecule has 0 saturated heterocycles. The number of benzene rings is 2. The predicted molar refractivity (Wildman–Crippen MR) is 87.2 cm³/mol. The summed E-state index contributed by atoms with van der Waals surface area (Å²) in [6.45, 7) is 1.85. The lowest BCUT2D eigenvalue weighted by Crippen LogP contribution is -2.37. The van der Waals surface area contributed by atoms with Crippen LogP contribution in [0.3, 0.4) is 0 Å². The van der Waals surface area contributed by atoms with Gasteiger partial charge in [0.25, 0.3) is 0 Å². The van der Waals surface area contributed by atoms with Gasteiger partial charge >= 0.3 is 11.9 Å². The molecule has 122 valence electrons. The molecule has 24 heavy (non-hydrogen) atoms. The standard InChI is InChI=1S/C19H17NO4/c1-3-24-18(22)19(13-20,15-7-5-4-6-8-15)16-11-9-14(10-12-16)17(21)23-2/h4-12H,3H2,1-2H3. The van der Waals surface area contributed by atoms with Crippen LogP contribution in [0.15, 0.2) is 54.6 Å². The number of nitriles is 1. The van der Waals surface area contributed by atoms with E-state index in [1.165, 1.54) is 19.2 Å². The van der Waals surface area contributed by atoms with Crippen LogP contribution in [-0.4, -0.2) is 25.7 Å². The predicted octanol–water partition coefficient (Wildman–Crippen LogP) is 2.85. The summed E-state index contributed by atoms with van der Waals surface area (Å²) in [4.78, 5) is 24.2. The Balaban J connectivity index is 2.60. The van der Waals surface area contributed by atoms with E-state index in [4.69, 9.17) is 4.74 Å². The number of nitrogens with zero attached hydrogens (tertiary/aromatic N) is 1. The molecule has 2 rings (SSSR count). The molecule has 0 aliphatic carbocycles. The maximum atomic E-state index is 12.6. The minimum atomic E-state index is -1.59. The Labute approximate surface area is 140 Å². The molecule has 0 aliphatic heterocycles. The summed E-state index contributed by atoms with van der Waals surface area (Å²) >= 11 is 0.